The number of Topliss-reactive ketones (excluding diaryl/α,β-unsaturated/α-hetero) is 1. The van der Waals surface area contributed by atoms with Gasteiger partial charge >= 0.3 is 5.97 Å². The number of aromatic hydroxyl groups is 1. The molecule has 0 bridgehead atoms. The van der Waals surface area contributed by atoms with E-state index in [0.29, 0.717) is 34.3 Å². The zero-order valence-electron chi connectivity index (χ0n) is 17.2. The second-order valence-corrected chi connectivity index (χ2v) is 8.54. The van der Waals surface area contributed by atoms with Crippen molar-refractivity contribution >= 4 is 28.6 Å². The van der Waals surface area contributed by atoms with Crippen molar-refractivity contribution in [2.45, 2.75) is 51.7 Å². The lowest BCUT2D eigenvalue weighted by Crippen LogP contribution is -2.40. The van der Waals surface area contributed by atoms with Crippen LogP contribution in [0.5, 0.6) is 17.2 Å². The lowest BCUT2D eigenvalue weighted by molar-refractivity contribution is -0.155. The smallest absolute Gasteiger partial charge is 0.303 e. The van der Waals surface area contributed by atoms with E-state index in [2.05, 4.69) is 0 Å². The van der Waals surface area contributed by atoms with Gasteiger partial charge in [-0.1, -0.05) is 0 Å². The number of hydrogen-bond acceptors (Lipinski definition) is 6. The van der Waals surface area contributed by atoms with Crippen molar-refractivity contribution in [1.82, 2.24) is 0 Å². The highest BCUT2D eigenvalue weighted by molar-refractivity contribution is 6.10. The molecular weight excluding hydrogens is 372 g/mol. The van der Waals surface area contributed by atoms with Crippen molar-refractivity contribution in [2.75, 3.05) is 7.11 Å². The topological polar surface area (TPSA) is 82.1 Å². The average molecular weight is 396 g/mol. The minimum atomic E-state index is -0.935. The maximum absolute atomic E-state index is 12.9. The van der Waals surface area contributed by atoms with E-state index in [1.54, 1.807) is 14.0 Å². The van der Waals surface area contributed by atoms with E-state index in [-0.39, 0.29) is 23.5 Å². The van der Waals surface area contributed by atoms with Crippen LogP contribution in [0.2, 0.25) is 0 Å². The number of methoxy groups -OCH3 is 1. The average Bonchev–Trinajstić information content (AvgIpc) is 2.57. The maximum atomic E-state index is 12.9. The normalized spacial score (nSPS) is 21.9. The van der Waals surface area contributed by atoms with Crippen LogP contribution in [0.15, 0.2) is 18.2 Å². The van der Waals surface area contributed by atoms with E-state index >= 15 is 0 Å². The summed E-state index contributed by atoms with van der Waals surface area (Å²) < 4.78 is 17.1. The quantitative estimate of drug-likeness (QED) is 0.767. The van der Waals surface area contributed by atoms with Gasteiger partial charge in [0.1, 0.15) is 28.5 Å². The zero-order chi connectivity index (χ0) is 21.1. The monoisotopic (exact) mass is 396 g/mol. The molecule has 152 valence electrons. The Kier molecular flexibility index (Phi) is 4.15. The van der Waals surface area contributed by atoms with Crippen LogP contribution in [-0.2, 0) is 16.0 Å². The SMILES string of the molecule is COc1cc2cc3c(c(O)c2c2c1C=CC(C)(C)O2)C(=O)CC(C)(OC(C)=O)C3. The Hall–Kier alpha value is -3.02. The molecule has 0 amide bonds. The molecule has 2 aromatic carbocycles. The van der Waals surface area contributed by atoms with E-state index in [0.717, 1.165) is 5.56 Å². The number of phenolic OH excluding ortho intramolecular Hbond substituents is 1. The van der Waals surface area contributed by atoms with Gasteiger partial charge in [0, 0.05) is 13.3 Å². The van der Waals surface area contributed by atoms with Crippen LogP contribution >= 0.6 is 0 Å². The number of benzene rings is 2. The molecule has 4 rings (SSSR count). The lowest BCUT2D eigenvalue weighted by atomic mass is 9.78. The fourth-order valence-electron chi connectivity index (χ4n) is 4.34. The standard InChI is InChI=1S/C23H24O6/c1-12(24)28-23(4)10-14-8-13-9-17(27-5)15-6-7-22(2,3)29-21(15)19(13)20(26)18(14)16(25)11-23/h6-9,26H,10-11H2,1-5H3. The van der Waals surface area contributed by atoms with E-state index in [1.807, 2.05) is 38.1 Å². The zero-order valence-corrected chi connectivity index (χ0v) is 17.2. The Morgan fingerprint density at radius 3 is 2.59 bits per heavy atom. The largest absolute Gasteiger partial charge is 0.506 e. The van der Waals surface area contributed by atoms with Gasteiger partial charge in [0.05, 0.1) is 30.0 Å². The molecule has 6 nitrogen and oxygen atoms in total. The third-order valence-corrected chi connectivity index (χ3v) is 5.44. The molecule has 6 heteroatoms. The van der Waals surface area contributed by atoms with Gasteiger partial charge in [-0.3, -0.25) is 9.59 Å². The van der Waals surface area contributed by atoms with Gasteiger partial charge in [0.2, 0.25) is 0 Å². The van der Waals surface area contributed by atoms with Crippen LogP contribution in [0, 0.1) is 0 Å². The van der Waals surface area contributed by atoms with E-state index in [9.17, 15) is 14.7 Å². The Bertz CT molecular complexity index is 1090. The molecule has 1 atom stereocenters. The van der Waals surface area contributed by atoms with Crippen molar-refractivity contribution in [3.8, 4) is 17.2 Å². The first kappa shape index (κ1) is 19.3. The number of ether oxygens (including phenoxy) is 3. The molecule has 1 heterocycles. The van der Waals surface area contributed by atoms with Crippen LogP contribution in [0.1, 0.15) is 55.6 Å². The van der Waals surface area contributed by atoms with Crippen molar-refractivity contribution in [1.29, 1.82) is 0 Å². The third-order valence-electron chi connectivity index (χ3n) is 5.44. The van der Waals surface area contributed by atoms with Crippen molar-refractivity contribution in [2.24, 2.45) is 0 Å². The first-order valence-corrected chi connectivity index (χ1v) is 9.54. The molecule has 1 aliphatic heterocycles. The van der Waals surface area contributed by atoms with Crippen LogP contribution in [0.4, 0.5) is 0 Å². The number of esters is 1. The predicted molar refractivity (Wildman–Crippen MR) is 109 cm³/mol. The number of rotatable bonds is 2. The number of carbonyl (C=O) groups is 2. The summed E-state index contributed by atoms with van der Waals surface area (Å²) in [6.45, 7) is 6.90. The predicted octanol–water partition coefficient (Wildman–Crippen LogP) is 4.19. The molecule has 29 heavy (non-hydrogen) atoms. The second kappa shape index (κ2) is 6.24. The summed E-state index contributed by atoms with van der Waals surface area (Å²) in [7, 11) is 1.58. The van der Waals surface area contributed by atoms with Gasteiger partial charge in [-0.2, -0.15) is 0 Å². The minimum Gasteiger partial charge on any atom is -0.506 e. The minimum absolute atomic E-state index is 0.0171. The molecule has 1 N–H and O–H groups in total. The van der Waals surface area contributed by atoms with Crippen molar-refractivity contribution < 1.29 is 28.9 Å². The van der Waals surface area contributed by atoms with Gasteiger partial charge < -0.3 is 19.3 Å². The third kappa shape index (κ3) is 3.12. The number of ketones is 1. The molecule has 1 aliphatic carbocycles. The molecule has 2 aliphatic rings. The van der Waals surface area contributed by atoms with Crippen LogP contribution in [0.25, 0.3) is 16.8 Å². The van der Waals surface area contributed by atoms with Crippen molar-refractivity contribution in [3.05, 3.63) is 34.9 Å². The summed E-state index contributed by atoms with van der Waals surface area (Å²) in [6, 6.07) is 3.67. The molecule has 2 aromatic rings. The highest BCUT2D eigenvalue weighted by Gasteiger charge is 2.40. The Labute approximate surface area is 169 Å². The summed E-state index contributed by atoms with van der Waals surface area (Å²) in [6.07, 6.45) is 4.19. The summed E-state index contributed by atoms with van der Waals surface area (Å²) >= 11 is 0. The van der Waals surface area contributed by atoms with Gasteiger partial charge in [-0.15, -0.1) is 0 Å². The second-order valence-electron chi connectivity index (χ2n) is 8.54. The highest BCUT2D eigenvalue weighted by Crippen LogP contribution is 2.49. The summed E-state index contributed by atoms with van der Waals surface area (Å²) in [5.41, 5.74) is 0.137. The summed E-state index contributed by atoms with van der Waals surface area (Å²) in [5, 5.41) is 12.3. The fraction of sp³-hybridized carbons (Fsp3) is 0.391. The fourth-order valence-corrected chi connectivity index (χ4v) is 4.34. The summed E-state index contributed by atoms with van der Waals surface area (Å²) in [4.78, 5) is 24.4. The first-order valence-electron chi connectivity index (χ1n) is 9.54. The molecule has 0 saturated carbocycles. The molecule has 1 unspecified atom stereocenters. The van der Waals surface area contributed by atoms with Gasteiger partial charge in [-0.05, 0) is 56.0 Å². The molecule has 0 fully saturated rings. The Balaban J connectivity index is 1.98. The van der Waals surface area contributed by atoms with E-state index in [4.69, 9.17) is 14.2 Å². The number of carbonyl (C=O) groups excluding carboxylic acids is 2. The maximum Gasteiger partial charge on any atom is 0.303 e. The number of hydrogen-bond donors (Lipinski definition) is 1. The molecule has 0 radical (unpaired) electrons. The molecular formula is C23H24O6. The lowest BCUT2D eigenvalue weighted by Gasteiger charge is -2.34. The van der Waals surface area contributed by atoms with Gasteiger partial charge in [0.25, 0.3) is 0 Å². The molecule has 0 saturated heterocycles. The Morgan fingerprint density at radius 1 is 1.21 bits per heavy atom. The van der Waals surface area contributed by atoms with E-state index in [1.165, 1.54) is 6.92 Å². The number of fused-ring (bicyclic) bond motifs is 4. The van der Waals surface area contributed by atoms with Crippen LogP contribution in [-0.4, -0.2) is 35.2 Å². The van der Waals surface area contributed by atoms with Gasteiger partial charge in [0.15, 0.2) is 5.78 Å². The van der Waals surface area contributed by atoms with Crippen LogP contribution < -0.4 is 9.47 Å². The summed E-state index contributed by atoms with van der Waals surface area (Å²) in [5.74, 6) is 0.311. The van der Waals surface area contributed by atoms with Gasteiger partial charge in [-0.25, -0.2) is 0 Å². The first-order chi connectivity index (χ1) is 13.5. The van der Waals surface area contributed by atoms with Crippen LogP contribution in [0.3, 0.4) is 0 Å². The Morgan fingerprint density at radius 2 is 1.93 bits per heavy atom. The molecule has 0 spiro atoms. The molecule has 0 aromatic heterocycles. The van der Waals surface area contributed by atoms with Crippen molar-refractivity contribution in [3.63, 3.8) is 0 Å². The van der Waals surface area contributed by atoms with E-state index < -0.39 is 17.2 Å². The number of phenols is 1. The highest BCUT2D eigenvalue weighted by atomic mass is 16.6.